The summed E-state index contributed by atoms with van der Waals surface area (Å²) in [4.78, 5) is 0. The second-order valence-corrected chi connectivity index (χ2v) is 5.00. The van der Waals surface area contributed by atoms with Crippen molar-refractivity contribution in [1.29, 1.82) is 0 Å². The molecule has 1 N–H and O–H groups in total. The molecule has 0 amide bonds. The molecule has 2 nitrogen and oxygen atoms in total. The van der Waals surface area contributed by atoms with Gasteiger partial charge in [0.05, 0.1) is 5.69 Å². The molecular formula is C14H10BrF4NO. The van der Waals surface area contributed by atoms with E-state index in [1.807, 2.05) is 0 Å². The van der Waals surface area contributed by atoms with Crippen LogP contribution in [-0.2, 0) is 6.54 Å². The maximum absolute atomic E-state index is 13.6. The zero-order chi connectivity index (χ0) is 15.5. The summed E-state index contributed by atoms with van der Waals surface area (Å²) in [6.45, 7) is 0.270. The minimum Gasteiger partial charge on any atom is -0.406 e. The first-order valence-corrected chi connectivity index (χ1v) is 6.67. The lowest BCUT2D eigenvalue weighted by atomic mass is 10.2. The van der Waals surface area contributed by atoms with Crippen LogP contribution < -0.4 is 10.1 Å². The average molecular weight is 364 g/mol. The van der Waals surface area contributed by atoms with Crippen molar-refractivity contribution < 1.29 is 22.3 Å². The van der Waals surface area contributed by atoms with Gasteiger partial charge in [0.1, 0.15) is 11.6 Å². The Balaban J connectivity index is 2.01. The maximum atomic E-state index is 13.6. The molecule has 0 saturated carbocycles. The minimum absolute atomic E-state index is 0.270. The molecule has 0 aliphatic heterocycles. The number of hydrogen-bond donors (Lipinski definition) is 1. The number of ether oxygens (including phenoxy) is 1. The van der Waals surface area contributed by atoms with Crippen molar-refractivity contribution in [2.45, 2.75) is 12.9 Å². The quantitative estimate of drug-likeness (QED) is 0.763. The predicted octanol–water partition coefficient (Wildman–Crippen LogP) is 5.10. The molecule has 21 heavy (non-hydrogen) atoms. The van der Waals surface area contributed by atoms with Gasteiger partial charge in [-0.05, 0) is 45.8 Å². The van der Waals surface area contributed by atoms with Crippen molar-refractivity contribution in [3.63, 3.8) is 0 Å². The van der Waals surface area contributed by atoms with Gasteiger partial charge in [-0.3, -0.25) is 0 Å². The van der Waals surface area contributed by atoms with Crippen LogP contribution >= 0.6 is 15.9 Å². The average Bonchev–Trinajstić information content (AvgIpc) is 2.38. The van der Waals surface area contributed by atoms with Crippen LogP contribution in [0.1, 0.15) is 5.56 Å². The fourth-order valence-corrected chi connectivity index (χ4v) is 2.15. The van der Waals surface area contributed by atoms with E-state index in [0.29, 0.717) is 15.7 Å². The monoisotopic (exact) mass is 363 g/mol. The highest BCUT2D eigenvalue weighted by molar-refractivity contribution is 9.10. The number of halogens is 5. The summed E-state index contributed by atoms with van der Waals surface area (Å²) < 4.78 is 54.0. The van der Waals surface area contributed by atoms with E-state index in [-0.39, 0.29) is 12.3 Å². The summed E-state index contributed by atoms with van der Waals surface area (Å²) in [6, 6.07) is 9.93. The van der Waals surface area contributed by atoms with Gasteiger partial charge < -0.3 is 10.1 Å². The lowest BCUT2D eigenvalue weighted by Gasteiger charge is -2.11. The van der Waals surface area contributed by atoms with E-state index in [1.165, 1.54) is 30.3 Å². The molecule has 7 heteroatoms. The molecule has 112 valence electrons. The molecule has 0 saturated heterocycles. The van der Waals surface area contributed by atoms with Gasteiger partial charge in [-0.15, -0.1) is 13.2 Å². The van der Waals surface area contributed by atoms with Crippen LogP contribution in [-0.4, -0.2) is 6.36 Å². The number of nitrogens with one attached hydrogen (secondary N) is 1. The van der Waals surface area contributed by atoms with E-state index in [2.05, 4.69) is 26.0 Å². The zero-order valence-corrected chi connectivity index (χ0v) is 12.1. The van der Waals surface area contributed by atoms with Gasteiger partial charge in [0, 0.05) is 11.0 Å². The predicted molar refractivity (Wildman–Crippen MR) is 74.6 cm³/mol. The number of anilines is 1. The van der Waals surface area contributed by atoms with E-state index >= 15 is 0 Å². The first-order valence-electron chi connectivity index (χ1n) is 5.88. The molecular weight excluding hydrogens is 354 g/mol. The van der Waals surface area contributed by atoms with Gasteiger partial charge in [-0.1, -0.05) is 18.2 Å². The van der Waals surface area contributed by atoms with Gasteiger partial charge in [-0.25, -0.2) is 4.39 Å². The van der Waals surface area contributed by atoms with Crippen LogP contribution in [0, 0.1) is 5.82 Å². The molecule has 0 radical (unpaired) electrons. The highest BCUT2D eigenvalue weighted by Gasteiger charge is 2.30. The van der Waals surface area contributed by atoms with Gasteiger partial charge in [0.25, 0.3) is 0 Å². The van der Waals surface area contributed by atoms with Gasteiger partial charge >= 0.3 is 6.36 Å². The molecule has 0 unspecified atom stereocenters. The van der Waals surface area contributed by atoms with Crippen LogP contribution in [0.5, 0.6) is 5.75 Å². The van der Waals surface area contributed by atoms with Crippen molar-refractivity contribution in [1.82, 2.24) is 0 Å². The van der Waals surface area contributed by atoms with Crippen LogP contribution in [0.4, 0.5) is 23.2 Å². The first kappa shape index (κ1) is 15.6. The Morgan fingerprint density at radius 1 is 1.05 bits per heavy atom. The Morgan fingerprint density at radius 2 is 1.71 bits per heavy atom. The fraction of sp³-hybridized carbons (Fsp3) is 0.143. The molecule has 2 aromatic carbocycles. The SMILES string of the molecule is Fc1cccc(Br)c1NCc1ccc(OC(F)(F)F)cc1. The molecule has 0 aromatic heterocycles. The lowest BCUT2D eigenvalue weighted by molar-refractivity contribution is -0.274. The number of para-hydroxylation sites is 1. The Morgan fingerprint density at radius 3 is 2.29 bits per heavy atom. The van der Waals surface area contributed by atoms with E-state index in [1.54, 1.807) is 12.1 Å². The van der Waals surface area contributed by atoms with Gasteiger partial charge in [0.2, 0.25) is 0 Å². The molecule has 0 bridgehead atoms. The number of hydrogen-bond acceptors (Lipinski definition) is 2. The molecule has 0 spiro atoms. The van der Waals surface area contributed by atoms with Crippen molar-refractivity contribution in [2.75, 3.05) is 5.32 Å². The van der Waals surface area contributed by atoms with Gasteiger partial charge in [0.15, 0.2) is 0 Å². The van der Waals surface area contributed by atoms with Gasteiger partial charge in [-0.2, -0.15) is 0 Å². The second kappa shape index (κ2) is 6.34. The summed E-state index contributed by atoms with van der Waals surface area (Å²) in [6.07, 6.45) is -4.71. The highest BCUT2D eigenvalue weighted by Crippen LogP contribution is 2.26. The number of alkyl halides is 3. The van der Waals surface area contributed by atoms with Crippen LogP contribution in [0.25, 0.3) is 0 Å². The van der Waals surface area contributed by atoms with Crippen LogP contribution in [0.15, 0.2) is 46.9 Å². The highest BCUT2D eigenvalue weighted by atomic mass is 79.9. The topological polar surface area (TPSA) is 21.3 Å². The molecule has 0 atom stereocenters. The largest absolute Gasteiger partial charge is 0.573 e. The van der Waals surface area contributed by atoms with Crippen molar-refractivity contribution in [3.05, 3.63) is 58.3 Å². The summed E-state index contributed by atoms with van der Waals surface area (Å²) in [5.74, 6) is -0.709. The smallest absolute Gasteiger partial charge is 0.406 e. The van der Waals surface area contributed by atoms with E-state index in [4.69, 9.17) is 0 Å². The molecule has 0 fully saturated rings. The third-order valence-electron chi connectivity index (χ3n) is 2.59. The summed E-state index contributed by atoms with van der Waals surface area (Å²) in [7, 11) is 0. The Kier molecular flexibility index (Phi) is 4.72. The standard InChI is InChI=1S/C14H10BrF4NO/c15-11-2-1-3-12(16)13(11)20-8-9-4-6-10(7-5-9)21-14(17,18)19/h1-7,20H,8H2. The summed E-state index contributed by atoms with van der Waals surface area (Å²) in [5.41, 5.74) is 0.993. The molecule has 2 aromatic rings. The Labute approximate surface area is 126 Å². The van der Waals surface area contributed by atoms with E-state index in [0.717, 1.165) is 0 Å². The third kappa shape index (κ3) is 4.63. The normalized spacial score (nSPS) is 11.3. The second-order valence-electron chi connectivity index (χ2n) is 4.14. The molecule has 0 aliphatic carbocycles. The number of rotatable bonds is 4. The number of benzene rings is 2. The fourth-order valence-electron chi connectivity index (χ4n) is 1.67. The first-order chi connectivity index (χ1) is 9.85. The summed E-state index contributed by atoms with van der Waals surface area (Å²) >= 11 is 3.22. The van der Waals surface area contributed by atoms with Crippen molar-refractivity contribution >= 4 is 21.6 Å². The van der Waals surface area contributed by atoms with Crippen molar-refractivity contribution in [2.24, 2.45) is 0 Å². The molecule has 0 heterocycles. The maximum Gasteiger partial charge on any atom is 0.573 e. The van der Waals surface area contributed by atoms with Crippen LogP contribution in [0.3, 0.4) is 0 Å². The van der Waals surface area contributed by atoms with Crippen LogP contribution in [0.2, 0.25) is 0 Å². The molecule has 2 rings (SSSR count). The Hall–Kier alpha value is -1.76. The van der Waals surface area contributed by atoms with E-state index in [9.17, 15) is 17.6 Å². The lowest BCUT2D eigenvalue weighted by Crippen LogP contribution is -2.17. The zero-order valence-electron chi connectivity index (χ0n) is 10.5. The molecule has 0 aliphatic rings. The Bertz CT molecular complexity index is 593. The minimum atomic E-state index is -4.71. The van der Waals surface area contributed by atoms with Crippen molar-refractivity contribution in [3.8, 4) is 5.75 Å². The summed E-state index contributed by atoms with van der Waals surface area (Å²) in [5, 5.41) is 2.88. The third-order valence-corrected chi connectivity index (χ3v) is 3.25. The van der Waals surface area contributed by atoms with E-state index < -0.39 is 12.2 Å².